The van der Waals surface area contributed by atoms with E-state index in [2.05, 4.69) is 20.4 Å². The van der Waals surface area contributed by atoms with Gasteiger partial charge in [-0.25, -0.2) is 9.67 Å². The van der Waals surface area contributed by atoms with Gasteiger partial charge < -0.3 is 11.1 Å². The van der Waals surface area contributed by atoms with Crippen LogP contribution in [0.1, 0.15) is 23.7 Å². The van der Waals surface area contributed by atoms with E-state index < -0.39 is 10.8 Å². The molecule has 21 heavy (non-hydrogen) atoms. The first-order valence-electron chi connectivity index (χ1n) is 6.13. The highest BCUT2D eigenvalue weighted by molar-refractivity contribution is 5.92. The number of nitrogens with one attached hydrogen (secondary N) is 1. The van der Waals surface area contributed by atoms with Crippen LogP contribution < -0.4 is 11.1 Å². The van der Waals surface area contributed by atoms with Gasteiger partial charge >= 0.3 is 5.69 Å². The van der Waals surface area contributed by atoms with Gasteiger partial charge in [0.2, 0.25) is 11.8 Å². The molecule has 0 aliphatic rings. The van der Waals surface area contributed by atoms with E-state index in [0.29, 0.717) is 6.54 Å². The maximum Gasteiger partial charge on any atom is 0.332 e. The van der Waals surface area contributed by atoms with Crippen LogP contribution in [0.5, 0.6) is 0 Å². The van der Waals surface area contributed by atoms with Crippen molar-refractivity contribution >= 4 is 17.5 Å². The number of hydrogen-bond donors (Lipinski definition) is 2. The van der Waals surface area contributed by atoms with Crippen LogP contribution in [0.4, 0.5) is 11.6 Å². The lowest BCUT2D eigenvalue weighted by Gasteiger charge is -2.06. The zero-order valence-corrected chi connectivity index (χ0v) is 11.2. The number of nitrogens with zero attached hydrogens (tertiary/aromatic N) is 5. The fraction of sp³-hybridized carbons (Fsp3) is 0.273. The van der Waals surface area contributed by atoms with Gasteiger partial charge in [-0.2, -0.15) is 10.1 Å². The predicted octanol–water partition coefficient (Wildman–Crippen LogP) is 0.491. The summed E-state index contributed by atoms with van der Waals surface area (Å²) in [6.45, 7) is 2.59. The van der Waals surface area contributed by atoms with E-state index >= 15 is 0 Å². The highest BCUT2D eigenvalue weighted by Crippen LogP contribution is 2.20. The number of rotatable bonds is 6. The molecule has 0 bridgehead atoms. The van der Waals surface area contributed by atoms with E-state index in [1.165, 1.54) is 12.4 Å². The summed E-state index contributed by atoms with van der Waals surface area (Å²) in [5.74, 6) is -0.475. The standard InChI is InChI=1S/C11H13N7O3/c1-2-3-13-11-14-5-8(18(20)21)10(16-11)17-6-7(4-15-17)9(12)19/h4-6H,2-3H2,1H3,(H2,12,19)(H,13,14,16). The summed E-state index contributed by atoms with van der Waals surface area (Å²) in [4.78, 5) is 29.4. The van der Waals surface area contributed by atoms with Crippen molar-refractivity contribution < 1.29 is 9.72 Å². The Balaban J connectivity index is 2.46. The number of nitrogens with two attached hydrogens (primary N) is 1. The Morgan fingerprint density at radius 1 is 1.52 bits per heavy atom. The van der Waals surface area contributed by atoms with Crippen LogP contribution in [0.3, 0.4) is 0 Å². The number of hydrogen-bond acceptors (Lipinski definition) is 7. The minimum Gasteiger partial charge on any atom is -0.366 e. The molecule has 10 nitrogen and oxygen atoms in total. The minimum absolute atomic E-state index is 0.0406. The molecule has 0 spiro atoms. The summed E-state index contributed by atoms with van der Waals surface area (Å²) in [6, 6.07) is 0. The molecule has 0 saturated heterocycles. The summed E-state index contributed by atoms with van der Waals surface area (Å²) in [5, 5.41) is 17.8. The van der Waals surface area contributed by atoms with Crippen molar-refractivity contribution in [3.63, 3.8) is 0 Å². The Kier molecular flexibility index (Phi) is 4.07. The topological polar surface area (TPSA) is 142 Å². The number of carbonyl (C=O) groups excluding carboxylic acids is 1. The monoisotopic (exact) mass is 291 g/mol. The molecule has 3 N–H and O–H groups in total. The van der Waals surface area contributed by atoms with E-state index in [1.54, 1.807) is 0 Å². The molecule has 2 rings (SSSR count). The molecule has 0 atom stereocenters. The fourth-order valence-corrected chi connectivity index (χ4v) is 1.55. The zero-order valence-electron chi connectivity index (χ0n) is 11.2. The second kappa shape index (κ2) is 5.94. The summed E-state index contributed by atoms with van der Waals surface area (Å²) in [7, 11) is 0. The van der Waals surface area contributed by atoms with Crippen LogP contribution in [0, 0.1) is 10.1 Å². The lowest BCUT2D eigenvalue weighted by molar-refractivity contribution is -0.385. The van der Waals surface area contributed by atoms with Crippen molar-refractivity contribution in [2.75, 3.05) is 11.9 Å². The Morgan fingerprint density at radius 2 is 2.29 bits per heavy atom. The van der Waals surface area contributed by atoms with Gasteiger partial charge in [0.25, 0.3) is 5.91 Å². The molecule has 0 saturated carbocycles. The van der Waals surface area contributed by atoms with Crippen LogP contribution in [0.2, 0.25) is 0 Å². The maximum absolute atomic E-state index is 11.1. The number of amides is 1. The molecule has 110 valence electrons. The third-order valence-electron chi connectivity index (χ3n) is 2.56. The van der Waals surface area contributed by atoms with Crippen LogP contribution in [-0.4, -0.2) is 37.1 Å². The van der Waals surface area contributed by atoms with Gasteiger partial charge in [-0.1, -0.05) is 6.92 Å². The van der Waals surface area contributed by atoms with Crippen molar-refractivity contribution in [1.82, 2.24) is 19.7 Å². The number of anilines is 1. The van der Waals surface area contributed by atoms with Crippen LogP contribution >= 0.6 is 0 Å². The third kappa shape index (κ3) is 3.11. The molecule has 10 heteroatoms. The summed E-state index contributed by atoms with van der Waals surface area (Å²) in [6.07, 6.45) is 4.43. The van der Waals surface area contributed by atoms with Gasteiger partial charge in [0.15, 0.2) is 0 Å². The summed E-state index contributed by atoms with van der Waals surface area (Å²) in [5.41, 5.74) is 4.93. The number of primary amides is 1. The van der Waals surface area contributed by atoms with E-state index in [4.69, 9.17) is 5.73 Å². The first kappa shape index (κ1) is 14.4. The van der Waals surface area contributed by atoms with Gasteiger partial charge in [-0.05, 0) is 6.42 Å². The third-order valence-corrected chi connectivity index (χ3v) is 2.56. The molecule has 0 fully saturated rings. The Labute approximate surface area is 119 Å². The molecule has 0 aliphatic carbocycles. The van der Waals surface area contributed by atoms with Crippen LogP contribution in [-0.2, 0) is 0 Å². The average Bonchev–Trinajstić information content (AvgIpc) is 2.94. The highest BCUT2D eigenvalue weighted by atomic mass is 16.6. The van der Waals surface area contributed by atoms with E-state index in [-0.39, 0.29) is 23.0 Å². The molecule has 2 aromatic heterocycles. The lowest BCUT2D eigenvalue weighted by Crippen LogP contribution is -2.11. The molecule has 0 aromatic carbocycles. The largest absolute Gasteiger partial charge is 0.366 e. The van der Waals surface area contributed by atoms with Gasteiger partial charge in [-0.15, -0.1) is 0 Å². The molecular formula is C11H13N7O3. The van der Waals surface area contributed by atoms with Gasteiger partial charge in [0.1, 0.15) is 6.20 Å². The normalized spacial score (nSPS) is 10.3. The molecule has 1 amide bonds. The van der Waals surface area contributed by atoms with Gasteiger partial charge in [0.05, 0.1) is 16.7 Å². The molecule has 2 aromatic rings. The average molecular weight is 291 g/mol. The fourth-order valence-electron chi connectivity index (χ4n) is 1.55. The number of nitro groups is 1. The van der Waals surface area contributed by atoms with Gasteiger partial charge in [-0.3, -0.25) is 14.9 Å². The minimum atomic E-state index is -0.678. The maximum atomic E-state index is 11.1. The SMILES string of the molecule is CCCNc1ncc([N+](=O)[O-])c(-n2cc(C(N)=O)cn2)n1. The van der Waals surface area contributed by atoms with Crippen molar-refractivity contribution in [3.8, 4) is 5.82 Å². The number of aromatic nitrogens is 4. The van der Waals surface area contributed by atoms with Crippen molar-refractivity contribution in [3.05, 3.63) is 34.3 Å². The molecule has 0 radical (unpaired) electrons. The molecule has 2 heterocycles. The predicted molar refractivity (Wildman–Crippen MR) is 73.1 cm³/mol. The molecule has 0 unspecified atom stereocenters. The second-order valence-electron chi connectivity index (χ2n) is 4.12. The quantitative estimate of drug-likeness (QED) is 0.582. The Morgan fingerprint density at radius 3 is 2.86 bits per heavy atom. The first-order valence-corrected chi connectivity index (χ1v) is 6.13. The summed E-state index contributed by atoms with van der Waals surface area (Å²) >= 11 is 0. The van der Waals surface area contributed by atoms with Crippen molar-refractivity contribution in [2.45, 2.75) is 13.3 Å². The number of carbonyl (C=O) groups is 1. The highest BCUT2D eigenvalue weighted by Gasteiger charge is 2.20. The molecule has 0 aliphatic heterocycles. The summed E-state index contributed by atoms with van der Waals surface area (Å²) < 4.78 is 1.12. The van der Waals surface area contributed by atoms with Crippen molar-refractivity contribution in [1.29, 1.82) is 0 Å². The van der Waals surface area contributed by atoms with Crippen LogP contribution in [0.15, 0.2) is 18.6 Å². The molecular weight excluding hydrogens is 278 g/mol. The van der Waals surface area contributed by atoms with Gasteiger partial charge in [0, 0.05) is 12.7 Å². The second-order valence-corrected chi connectivity index (χ2v) is 4.12. The smallest absolute Gasteiger partial charge is 0.332 e. The Hall–Kier alpha value is -3.04. The first-order chi connectivity index (χ1) is 10.0. The van der Waals surface area contributed by atoms with E-state index in [1.807, 2.05) is 6.92 Å². The Bertz CT molecular complexity index is 682. The zero-order chi connectivity index (χ0) is 15.4. The van der Waals surface area contributed by atoms with E-state index in [9.17, 15) is 14.9 Å². The van der Waals surface area contributed by atoms with Crippen molar-refractivity contribution in [2.24, 2.45) is 5.73 Å². The lowest BCUT2D eigenvalue weighted by atomic mass is 10.3. The van der Waals surface area contributed by atoms with Crippen LogP contribution in [0.25, 0.3) is 5.82 Å². The van der Waals surface area contributed by atoms with E-state index in [0.717, 1.165) is 17.3 Å².